The molecule has 0 N–H and O–H groups in total. The van der Waals surface area contributed by atoms with Gasteiger partial charge in [-0.25, -0.2) is 0 Å². The second-order valence-electron chi connectivity index (χ2n) is 4.43. The Hall–Kier alpha value is -1.51. The SMILES string of the molecule is COC(=O)Cc1ccccc1OC(C)C(C)C. The maximum atomic E-state index is 11.3. The molecule has 17 heavy (non-hydrogen) atoms. The molecule has 0 saturated carbocycles. The predicted octanol–water partition coefficient (Wildman–Crippen LogP) is 2.83. The Bertz CT molecular complexity index is 371. The summed E-state index contributed by atoms with van der Waals surface area (Å²) in [6, 6.07) is 7.57. The van der Waals surface area contributed by atoms with E-state index in [0.29, 0.717) is 5.92 Å². The molecule has 94 valence electrons. The minimum Gasteiger partial charge on any atom is -0.490 e. The highest BCUT2D eigenvalue weighted by molar-refractivity contribution is 5.73. The monoisotopic (exact) mass is 236 g/mol. The zero-order chi connectivity index (χ0) is 12.8. The number of ether oxygens (including phenoxy) is 2. The first kappa shape index (κ1) is 13.6. The lowest BCUT2D eigenvalue weighted by Crippen LogP contribution is -2.19. The van der Waals surface area contributed by atoms with Gasteiger partial charge in [-0.3, -0.25) is 4.79 Å². The summed E-state index contributed by atoms with van der Waals surface area (Å²) in [7, 11) is 1.39. The number of para-hydroxylation sites is 1. The standard InChI is InChI=1S/C14H20O3/c1-10(2)11(3)17-13-8-6-5-7-12(13)9-14(15)16-4/h5-8,10-11H,9H2,1-4H3. The molecule has 1 aromatic rings. The summed E-state index contributed by atoms with van der Waals surface area (Å²) in [5.74, 6) is 0.943. The maximum Gasteiger partial charge on any atom is 0.310 e. The van der Waals surface area contributed by atoms with Crippen molar-refractivity contribution < 1.29 is 14.3 Å². The van der Waals surface area contributed by atoms with Gasteiger partial charge in [0.15, 0.2) is 0 Å². The molecule has 0 aromatic heterocycles. The van der Waals surface area contributed by atoms with Crippen LogP contribution >= 0.6 is 0 Å². The second kappa shape index (κ2) is 6.28. The molecule has 1 rings (SSSR count). The van der Waals surface area contributed by atoms with E-state index in [1.165, 1.54) is 7.11 Å². The molecule has 0 spiro atoms. The van der Waals surface area contributed by atoms with Crippen LogP contribution in [-0.4, -0.2) is 19.2 Å². The van der Waals surface area contributed by atoms with Crippen molar-refractivity contribution in [2.75, 3.05) is 7.11 Å². The number of esters is 1. The van der Waals surface area contributed by atoms with Gasteiger partial charge in [0.2, 0.25) is 0 Å². The normalized spacial score (nSPS) is 12.3. The Labute approximate surface area is 103 Å². The molecule has 3 heteroatoms. The molecular weight excluding hydrogens is 216 g/mol. The third-order valence-corrected chi connectivity index (χ3v) is 2.79. The average Bonchev–Trinajstić information content (AvgIpc) is 2.31. The Balaban J connectivity index is 2.80. The van der Waals surface area contributed by atoms with E-state index in [2.05, 4.69) is 18.6 Å². The second-order valence-corrected chi connectivity index (χ2v) is 4.43. The van der Waals surface area contributed by atoms with Gasteiger partial charge in [-0.1, -0.05) is 32.0 Å². The molecule has 0 amide bonds. The minimum absolute atomic E-state index is 0.119. The Morgan fingerprint density at radius 2 is 1.88 bits per heavy atom. The van der Waals surface area contributed by atoms with Crippen molar-refractivity contribution in [2.24, 2.45) is 5.92 Å². The highest BCUT2D eigenvalue weighted by Crippen LogP contribution is 2.22. The maximum absolute atomic E-state index is 11.3. The summed E-state index contributed by atoms with van der Waals surface area (Å²) < 4.78 is 10.5. The number of benzene rings is 1. The van der Waals surface area contributed by atoms with E-state index in [9.17, 15) is 4.79 Å². The van der Waals surface area contributed by atoms with Crippen molar-refractivity contribution in [3.8, 4) is 5.75 Å². The van der Waals surface area contributed by atoms with Crippen LogP contribution in [0.1, 0.15) is 26.3 Å². The van der Waals surface area contributed by atoms with E-state index in [1.54, 1.807) is 0 Å². The van der Waals surface area contributed by atoms with Gasteiger partial charge >= 0.3 is 5.97 Å². The van der Waals surface area contributed by atoms with Gasteiger partial charge in [0.25, 0.3) is 0 Å². The van der Waals surface area contributed by atoms with Crippen molar-refractivity contribution in [3.05, 3.63) is 29.8 Å². The topological polar surface area (TPSA) is 35.5 Å². The van der Waals surface area contributed by atoms with Crippen molar-refractivity contribution in [1.29, 1.82) is 0 Å². The number of hydrogen-bond donors (Lipinski definition) is 0. The minimum atomic E-state index is -0.252. The lowest BCUT2D eigenvalue weighted by Gasteiger charge is -2.20. The first-order chi connectivity index (χ1) is 8.04. The van der Waals surface area contributed by atoms with Crippen LogP contribution in [0.5, 0.6) is 5.75 Å². The van der Waals surface area contributed by atoms with Crippen LogP contribution in [0.2, 0.25) is 0 Å². The highest BCUT2D eigenvalue weighted by Gasteiger charge is 2.13. The van der Waals surface area contributed by atoms with E-state index < -0.39 is 0 Å². The molecule has 0 heterocycles. The molecule has 0 radical (unpaired) electrons. The van der Waals surface area contributed by atoms with Gasteiger partial charge in [0.1, 0.15) is 5.75 Å². The molecule has 0 saturated heterocycles. The van der Waals surface area contributed by atoms with E-state index in [1.807, 2.05) is 31.2 Å². The molecule has 0 aliphatic heterocycles. The van der Waals surface area contributed by atoms with Crippen LogP contribution in [0.3, 0.4) is 0 Å². The molecule has 0 aliphatic carbocycles. The summed E-state index contributed by atoms with van der Waals surface area (Å²) in [4.78, 5) is 11.3. The lowest BCUT2D eigenvalue weighted by molar-refractivity contribution is -0.139. The van der Waals surface area contributed by atoms with Crippen LogP contribution in [0.25, 0.3) is 0 Å². The molecular formula is C14H20O3. The van der Waals surface area contributed by atoms with Crippen LogP contribution in [0.4, 0.5) is 0 Å². The van der Waals surface area contributed by atoms with Crippen LogP contribution in [0, 0.1) is 5.92 Å². The first-order valence-electron chi connectivity index (χ1n) is 5.86. The molecule has 0 bridgehead atoms. The van der Waals surface area contributed by atoms with Gasteiger partial charge in [-0.15, -0.1) is 0 Å². The van der Waals surface area contributed by atoms with Crippen LogP contribution in [-0.2, 0) is 16.0 Å². The Morgan fingerprint density at radius 3 is 2.47 bits per heavy atom. The van der Waals surface area contributed by atoms with Gasteiger partial charge in [-0.2, -0.15) is 0 Å². The summed E-state index contributed by atoms with van der Waals surface area (Å²) >= 11 is 0. The molecule has 0 fully saturated rings. The highest BCUT2D eigenvalue weighted by atomic mass is 16.5. The third-order valence-electron chi connectivity index (χ3n) is 2.79. The van der Waals surface area contributed by atoms with Gasteiger partial charge in [-0.05, 0) is 18.9 Å². The smallest absolute Gasteiger partial charge is 0.310 e. The van der Waals surface area contributed by atoms with Crippen molar-refractivity contribution in [2.45, 2.75) is 33.3 Å². The predicted molar refractivity (Wildman–Crippen MR) is 67.1 cm³/mol. The number of carbonyl (C=O) groups excluding carboxylic acids is 1. The van der Waals surface area contributed by atoms with E-state index in [0.717, 1.165) is 11.3 Å². The van der Waals surface area contributed by atoms with Crippen molar-refractivity contribution >= 4 is 5.97 Å². The largest absolute Gasteiger partial charge is 0.490 e. The third kappa shape index (κ3) is 4.10. The fourth-order valence-corrected chi connectivity index (χ4v) is 1.33. The van der Waals surface area contributed by atoms with Crippen molar-refractivity contribution in [3.63, 3.8) is 0 Å². The fourth-order valence-electron chi connectivity index (χ4n) is 1.33. The lowest BCUT2D eigenvalue weighted by atomic mass is 10.1. The summed E-state index contributed by atoms with van der Waals surface area (Å²) in [5, 5.41) is 0. The van der Waals surface area contributed by atoms with Crippen molar-refractivity contribution in [1.82, 2.24) is 0 Å². The number of carbonyl (C=O) groups is 1. The zero-order valence-corrected chi connectivity index (χ0v) is 10.9. The first-order valence-corrected chi connectivity index (χ1v) is 5.86. The number of hydrogen-bond acceptors (Lipinski definition) is 3. The molecule has 1 unspecified atom stereocenters. The number of rotatable bonds is 5. The quantitative estimate of drug-likeness (QED) is 0.737. The van der Waals surface area contributed by atoms with E-state index in [4.69, 9.17) is 4.74 Å². The van der Waals surface area contributed by atoms with E-state index >= 15 is 0 Å². The summed E-state index contributed by atoms with van der Waals surface area (Å²) in [6.45, 7) is 6.24. The summed E-state index contributed by atoms with van der Waals surface area (Å²) in [6.07, 6.45) is 0.367. The van der Waals surface area contributed by atoms with Gasteiger partial charge in [0.05, 0.1) is 19.6 Å². The van der Waals surface area contributed by atoms with Gasteiger partial charge in [0, 0.05) is 5.56 Å². The van der Waals surface area contributed by atoms with Gasteiger partial charge < -0.3 is 9.47 Å². The van der Waals surface area contributed by atoms with E-state index in [-0.39, 0.29) is 18.5 Å². The molecule has 3 nitrogen and oxygen atoms in total. The average molecular weight is 236 g/mol. The summed E-state index contributed by atoms with van der Waals surface area (Å²) in [5.41, 5.74) is 0.867. The van der Waals surface area contributed by atoms with Crippen LogP contribution in [0.15, 0.2) is 24.3 Å². The Morgan fingerprint density at radius 1 is 1.24 bits per heavy atom. The Kier molecular flexibility index (Phi) is 5.01. The fraction of sp³-hybridized carbons (Fsp3) is 0.500. The zero-order valence-electron chi connectivity index (χ0n) is 10.9. The number of methoxy groups -OCH3 is 1. The van der Waals surface area contributed by atoms with Crippen LogP contribution < -0.4 is 4.74 Å². The molecule has 0 aliphatic rings. The molecule has 1 aromatic carbocycles. The molecule has 1 atom stereocenters.